The molecule has 1 unspecified atom stereocenters. The highest BCUT2D eigenvalue weighted by Crippen LogP contribution is 2.15. The fourth-order valence-electron chi connectivity index (χ4n) is 1.43. The smallest absolute Gasteiger partial charge is 0.145 e. The van der Waals surface area contributed by atoms with Gasteiger partial charge in [-0.2, -0.15) is 0 Å². The molecule has 0 aromatic heterocycles. The van der Waals surface area contributed by atoms with Gasteiger partial charge in [-0.1, -0.05) is 35.0 Å². The summed E-state index contributed by atoms with van der Waals surface area (Å²) in [7, 11) is 0. The largest absolute Gasteiger partial charge is 0.392 e. The first-order valence-corrected chi connectivity index (χ1v) is 6.84. The van der Waals surface area contributed by atoms with E-state index < -0.39 is 6.10 Å². The van der Waals surface area contributed by atoms with Gasteiger partial charge in [0, 0.05) is 11.4 Å². The average molecular weight is 301 g/mol. The lowest BCUT2D eigenvalue weighted by atomic mass is 10.1. The van der Waals surface area contributed by atoms with Crippen molar-refractivity contribution >= 4 is 17.4 Å². The van der Waals surface area contributed by atoms with Crippen LogP contribution in [0.3, 0.4) is 0 Å². The summed E-state index contributed by atoms with van der Waals surface area (Å²) >= 11 is 6.02. The first-order chi connectivity index (χ1) is 9.49. The molecule has 0 aliphatic carbocycles. The molecular formula is C14H21ClN2O3. The molecule has 0 amide bonds. The maximum Gasteiger partial charge on any atom is 0.145 e. The lowest BCUT2D eigenvalue weighted by Crippen LogP contribution is -2.24. The van der Waals surface area contributed by atoms with Crippen LogP contribution in [0.25, 0.3) is 0 Å². The summed E-state index contributed by atoms with van der Waals surface area (Å²) in [5, 5.41) is 13.9. The third kappa shape index (κ3) is 6.75. The molecule has 1 rings (SSSR count). The highest BCUT2D eigenvalue weighted by molar-refractivity contribution is 6.31. The summed E-state index contributed by atoms with van der Waals surface area (Å²) in [6.07, 6.45) is -0.258. The molecule has 0 saturated heterocycles. The fraction of sp³-hybridized carbons (Fsp3) is 0.500. The van der Waals surface area contributed by atoms with Crippen LogP contribution >= 0.6 is 11.6 Å². The maximum atomic E-state index is 9.56. The summed E-state index contributed by atoms with van der Waals surface area (Å²) in [4.78, 5) is 4.99. The van der Waals surface area contributed by atoms with Gasteiger partial charge < -0.3 is 20.4 Å². The molecule has 0 fully saturated rings. The van der Waals surface area contributed by atoms with Crippen molar-refractivity contribution in [3.63, 3.8) is 0 Å². The van der Waals surface area contributed by atoms with Crippen LogP contribution in [-0.2, 0) is 16.0 Å². The normalized spacial score (nSPS) is 13.6. The minimum atomic E-state index is -0.728. The quantitative estimate of drug-likeness (QED) is 0.437. The van der Waals surface area contributed by atoms with Crippen molar-refractivity contribution < 1.29 is 14.7 Å². The Hall–Kier alpha value is -1.30. The van der Waals surface area contributed by atoms with Gasteiger partial charge in [0.05, 0.1) is 12.7 Å². The predicted molar refractivity (Wildman–Crippen MR) is 79.8 cm³/mol. The van der Waals surface area contributed by atoms with Crippen molar-refractivity contribution in [2.45, 2.75) is 32.5 Å². The highest BCUT2D eigenvalue weighted by Gasteiger charge is 2.07. The summed E-state index contributed by atoms with van der Waals surface area (Å²) < 4.78 is 5.25. The van der Waals surface area contributed by atoms with Crippen molar-refractivity contribution in [1.29, 1.82) is 0 Å². The number of oxime groups is 1. The first kappa shape index (κ1) is 16.8. The van der Waals surface area contributed by atoms with E-state index in [0.29, 0.717) is 17.3 Å². The van der Waals surface area contributed by atoms with Gasteiger partial charge in [0.1, 0.15) is 18.5 Å². The van der Waals surface area contributed by atoms with Crippen LogP contribution in [0.2, 0.25) is 5.02 Å². The highest BCUT2D eigenvalue weighted by atomic mass is 35.5. The Labute approximate surface area is 124 Å². The molecule has 1 aromatic carbocycles. The third-order valence-electron chi connectivity index (χ3n) is 2.40. The topological polar surface area (TPSA) is 77.1 Å². The summed E-state index contributed by atoms with van der Waals surface area (Å²) in [5.41, 5.74) is 6.61. The standard InChI is InChI=1S/C14H21ClN2O3/c1-10(2)19-8-12(18)9-20-17-14(16)7-11-5-3-4-6-13(11)15/h3-6,10,12,18H,7-9H2,1-2H3,(H2,16,17). The number of benzene rings is 1. The van der Waals surface area contributed by atoms with Gasteiger partial charge in [0.25, 0.3) is 0 Å². The molecule has 0 bridgehead atoms. The van der Waals surface area contributed by atoms with Gasteiger partial charge in [0.15, 0.2) is 0 Å². The molecule has 3 N–H and O–H groups in total. The molecule has 20 heavy (non-hydrogen) atoms. The summed E-state index contributed by atoms with van der Waals surface area (Å²) in [6.45, 7) is 4.04. The molecule has 5 nitrogen and oxygen atoms in total. The number of ether oxygens (including phenoxy) is 1. The molecule has 0 saturated carbocycles. The SMILES string of the molecule is CC(C)OCC(O)CO/N=C(/N)Cc1ccccc1Cl. The Bertz CT molecular complexity index is 438. The Morgan fingerprint density at radius 1 is 1.35 bits per heavy atom. The van der Waals surface area contributed by atoms with Gasteiger partial charge in [-0.25, -0.2) is 0 Å². The number of nitrogens with zero attached hydrogens (tertiary/aromatic N) is 1. The van der Waals surface area contributed by atoms with E-state index in [9.17, 15) is 5.11 Å². The number of aliphatic hydroxyl groups is 1. The molecule has 0 heterocycles. The number of aliphatic hydroxyl groups excluding tert-OH is 1. The van der Waals surface area contributed by atoms with E-state index in [0.717, 1.165) is 5.56 Å². The Morgan fingerprint density at radius 3 is 2.70 bits per heavy atom. The van der Waals surface area contributed by atoms with Crippen LogP contribution in [0.15, 0.2) is 29.4 Å². The molecule has 0 radical (unpaired) electrons. The number of hydrogen-bond acceptors (Lipinski definition) is 4. The minimum absolute atomic E-state index is 0.0376. The first-order valence-electron chi connectivity index (χ1n) is 6.46. The molecule has 112 valence electrons. The maximum absolute atomic E-state index is 9.56. The summed E-state index contributed by atoms with van der Waals surface area (Å²) in [6, 6.07) is 7.39. The van der Waals surface area contributed by atoms with Gasteiger partial charge in [0.2, 0.25) is 0 Å². The van der Waals surface area contributed by atoms with Gasteiger partial charge in [-0.3, -0.25) is 0 Å². The van der Waals surface area contributed by atoms with Crippen molar-refractivity contribution in [2.24, 2.45) is 10.9 Å². The number of nitrogens with two attached hydrogens (primary N) is 1. The zero-order chi connectivity index (χ0) is 15.0. The van der Waals surface area contributed by atoms with Crippen LogP contribution in [0.1, 0.15) is 19.4 Å². The molecular weight excluding hydrogens is 280 g/mol. The van der Waals surface area contributed by atoms with Gasteiger partial charge in [-0.15, -0.1) is 0 Å². The van der Waals surface area contributed by atoms with Crippen molar-refractivity contribution in [2.75, 3.05) is 13.2 Å². The number of hydrogen-bond donors (Lipinski definition) is 2. The van der Waals surface area contributed by atoms with E-state index in [2.05, 4.69) is 5.16 Å². The van der Waals surface area contributed by atoms with Crippen LogP contribution in [0.4, 0.5) is 0 Å². The lowest BCUT2D eigenvalue weighted by Gasteiger charge is -2.12. The molecule has 6 heteroatoms. The van der Waals surface area contributed by atoms with Crippen molar-refractivity contribution in [3.05, 3.63) is 34.9 Å². The van der Waals surface area contributed by atoms with E-state index in [1.807, 2.05) is 32.0 Å². The zero-order valence-corrected chi connectivity index (χ0v) is 12.5. The zero-order valence-electron chi connectivity index (χ0n) is 11.8. The minimum Gasteiger partial charge on any atom is -0.392 e. The Balaban J connectivity index is 2.33. The van der Waals surface area contributed by atoms with Crippen LogP contribution in [0.5, 0.6) is 0 Å². The fourth-order valence-corrected chi connectivity index (χ4v) is 1.63. The third-order valence-corrected chi connectivity index (χ3v) is 2.77. The number of rotatable bonds is 8. The second-order valence-corrected chi connectivity index (χ2v) is 5.09. The Kier molecular flexibility index (Phi) is 7.36. The van der Waals surface area contributed by atoms with Crippen LogP contribution < -0.4 is 5.73 Å². The predicted octanol–water partition coefficient (Wildman–Crippen LogP) is 1.96. The van der Waals surface area contributed by atoms with Crippen molar-refractivity contribution in [3.8, 4) is 0 Å². The Morgan fingerprint density at radius 2 is 2.05 bits per heavy atom. The van der Waals surface area contributed by atoms with Crippen LogP contribution in [0, 0.1) is 0 Å². The van der Waals surface area contributed by atoms with Crippen LogP contribution in [-0.4, -0.2) is 36.4 Å². The van der Waals surface area contributed by atoms with Crippen molar-refractivity contribution in [1.82, 2.24) is 0 Å². The lowest BCUT2D eigenvalue weighted by molar-refractivity contribution is -0.0347. The molecule has 0 aliphatic heterocycles. The second kappa shape index (κ2) is 8.79. The average Bonchev–Trinajstić information content (AvgIpc) is 2.39. The van der Waals surface area contributed by atoms with E-state index >= 15 is 0 Å². The van der Waals surface area contributed by atoms with E-state index in [1.54, 1.807) is 6.07 Å². The van der Waals surface area contributed by atoms with E-state index in [4.69, 9.17) is 26.9 Å². The monoisotopic (exact) mass is 300 g/mol. The summed E-state index contributed by atoms with van der Waals surface area (Å²) in [5.74, 6) is 0.301. The number of halogens is 1. The number of amidine groups is 1. The van der Waals surface area contributed by atoms with E-state index in [1.165, 1.54) is 0 Å². The van der Waals surface area contributed by atoms with E-state index in [-0.39, 0.29) is 19.3 Å². The molecule has 0 spiro atoms. The molecule has 1 aromatic rings. The van der Waals surface area contributed by atoms with Gasteiger partial charge in [-0.05, 0) is 25.5 Å². The molecule has 1 atom stereocenters. The second-order valence-electron chi connectivity index (χ2n) is 4.68. The molecule has 0 aliphatic rings. The van der Waals surface area contributed by atoms with Gasteiger partial charge >= 0.3 is 0 Å².